The molecule has 1 aromatic carbocycles. The van der Waals surface area contributed by atoms with Gasteiger partial charge in [-0.15, -0.1) is 22.7 Å². The molecule has 1 saturated heterocycles. The summed E-state index contributed by atoms with van der Waals surface area (Å²) in [7, 11) is 0. The number of thioether (sulfide) groups is 1. The highest BCUT2D eigenvalue weighted by molar-refractivity contribution is 8.04. The summed E-state index contributed by atoms with van der Waals surface area (Å²) in [5.74, 6) is -2.55. The zero-order chi connectivity index (χ0) is 26.1. The molecule has 15 heteroatoms. The fraction of sp³-hybridized carbons (Fsp3) is 0.273. The van der Waals surface area contributed by atoms with Crippen LogP contribution in [0.15, 0.2) is 49.7 Å². The zero-order valence-corrected chi connectivity index (χ0v) is 21.4. The monoisotopic (exact) mass is 562 g/mol. The largest absolute Gasteiger partial charge is 0.477 e. The summed E-state index contributed by atoms with van der Waals surface area (Å²) in [6.07, 6.45) is 0.835. The summed E-state index contributed by atoms with van der Waals surface area (Å²) < 4.78 is 14.1. The molecule has 2 amide bonds. The van der Waals surface area contributed by atoms with Crippen LogP contribution in [0.1, 0.15) is 18.5 Å². The number of fused-ring (bicyclic) bond motifs is 2. The lowest BCUT2D eigenvalue weighted by Crippen LogP contribution is -2.72. The SMILES string of the molecule is Nc1nc(/C(=N\OCCF)C(=O)N[C@@H]2C(=O)N3C(C(=O)O)=C(Sc4nc5ccccc5s4)CC[C@H]23)cs1. The molecule has 11 nitrogen and oxygen atoms in total. The molecule has 37 heavy (non-hydrogen) atoms. The third-order valence-electron chi connectivity index (χ3n) is 5.67. The lowest BCUT2D eigenvalue weighted by molar-refractivity contribution is -0.155. The average molecular weight is 563 g/mol. The van der Waals surface area contributed by atoms with Crippen molar-refractivity contribution >= 4 is 73.3 Å². The number of nitrogens with two attached hydrogens (primary N) is 1. The van der Waals surface area contributed by atoms with Crippen molar-refractivity contribution in [3.05, 3.63) is 45.9 Å². The van der Waals surface area contributed by atoms with E-state index in [1.54, 1.807) is 0 Å². The number of aliphatic carboxylic acids is 1. The Balaban J connectivity index is 1.34. The number of nitrogens with one attached hydrogen (secondary N) is 1. The standard InChI is InChI=1S/C22H19FN6O5S3/c23-7-8-34-28-15(11-9-35-21(24)25-11)18(30)27-16-12-5-6-14(17(20(32)33)29(12)19(16)31)37-22-26-10-3-1-2-4-13(10)36-22/h1-4,9,12,16H,5-8H2,(H2,24,25)(H,27,30)(H,32,33)/b28-15+/t12-,16+/m1/s1. The first-order valence-electron chi connectivity index (χ1n) is 11.0. The average Bonchev–Trinajstić information content (AvgIpc) is 3.50. The molecule has 2 aromatic heterocycles. The van der Waals surface area contributed by atoms with Crippen molar-refractivity contribution in [1.29, 1.82) is 0 Å². The number of hydrogen-bond acceptors (Lipinski definition) is 11. The van der Waals surface area contributed by atoms with Crippen molar-refractivity contribution in [2.75, 3.05) is 19.0 Å². The second-order valence-corrected chi connectivity index (χ2v) is 11.2. The number of carboxylic acid groups (broad SMARTS) is 1. The molecular weight excluding hydrogens is 543 g/mol. The molecule has 2 atom stereocenters. The number of alkyl halides is 1. The molecule has 0 radical (unpaired) electrons. The number of aromatic nitrogens is 2. The molecule has 0 spiro atoms. The highest BCUT2D eigenvalue weighted by Crippen LogP contribution is 2.44. The van der Waals surface area contributed by atoms with Crippen LogP contribution in [0.2, 0.25) is 0 Å². The number of carbonyl (C=O) groups is 3. The summed E-state index contributed by atoms with van der Waals surface area (Å²) in [5, 5.41) is 17.9. The molecule has 5 rings (SSSR count). The molecule has 0 unspecified atom stereocenters. The lowest BCUT2D eigenvalue weighted by atomic mass is 9.86. The minimum absolute atomic E-state index is 0.108. The number of benzene rings is 1. The first-order chi connectivity index (χ1) is 17.9. The van der Waals surface area contributed by atoms with Gasteiger partial charge in [0, 0.05) is 10.3 Å². The van der Waals surface area contributed by atoms with Crippen LogP contribution >= 0.6 is 34.4 Å². The number of carboxylic acids is 1. The zero-order valence-electron chi connectivity index (χ0n) is 18.9. The highest BCUT2D eigenvalue weighted by Gasteiger charge is 2.54. The van der Waals surface area contributed by atoms with E-state index in [0.717, 1.165) is 21.6 Å². The third kappa shape index (κ3) is 4.89. The van der Waals surface area contributed by atoms with Gasteiger partial charge in [0.1, 0.15) is 30.7 Å². The van der Waals surface area contributed by atoms with Gasteiger partial charge in [0.25, 0.3) is 11.8 Å². The second kappa shape index (κ2) is 10.4. The fourth-order valence-corrected chi connectivity index (χ4v) is 6.92. The highest BCUT2D eigenvalue weighted by atomic mass is 32.2. The van der Waals surface area contributed by atoms with Gasteiger partial charge >= 0.3 is 5.97 Å². The number of allylic oxidation sites excluding steroid dienone is 1. The van der Waals surface area contributed by atoms with E-state index in [1.165, 1.54) is 33.4 Å². The van der Waals surface area contributed by atoms with Crippen LogP contribution in [-0.2, 0) is 19.2 Å². The first-order valence-corrected chi connectivity index (χ1v) is 13.5. The van der Waals surface area contributed by atoms with E-state index < -0.39 is 36.5 Å². The number of halogens is 1. The number of anilines is 1. The number of rotatable bonds is 9. The van der Waals surface area contributed by atoms with Crippen molar-refractivity contribution in [2.24, 2.45) is 5.16 Å². The Hall–Kier alpha value is -3.56. The predicted octanol–water partition coefficient (Wildman–Crippen LogP) is 2.60. The molecular formula is C22H19FN6O5S3. The Kier molecular flexibility index (Phi) is 7.08. The molecule has 4 heterocycles. The summed E-state index contributed by atoms with van der Waals surface area (Å²) >= 11 is 3.76. The number of nitrogens with zero attached hydrogens (tertiary/aromatic N) is 4. The Bertz CT molecular complexity index is 1420. The number of hydrogen-bond donors (Lipinski definition) is 3. The topological polar surface area (TPSA) is 160 Å². The molecule has 192 valence electrons. The number of oxime groups is 1. The van der Waals surface area contributed by atoms with Gasteiger partial charge in [0.2, 0.25) is 0 Å². The first kappa shape index (κ1) is 25.1. The molecule has 0 aliphatic carbocycles. The molecule has 2 aliphatic rings. The van der Waals surface area contributed by atoms with Gasteiger partial charge in [0.15, 0.2) is 15.2 Å². The summed E-state index contributed by atoms with van der Waals surface area (Å²) in [5.41, 5.74) is 6.21. The number of nitrogen functional groups attached to an aromatic ring is 1. The van der Waals surface area contributed by atoms with E-state index >= 15 is 0 Å². The van der Waals surface area contributed by atoms with Crippen LogP contribution in [0, 0.1) is 0 Å². The van der Waals surface area contributed by atoms with Gasteiger partial charge in [-0.25, -0.2) is 19.2 Å². The molecule has 4 N–H and O–H groups in total. The summed E-state index contributed by atoms with van der Waals surface area (Å²) in [6, 6.07) is 6.10. The van der Waals surface area contributed by atoms with E-state index in [9.17, 15) is 23.9 Å². The molecule has 0 saturated carbocycles. The van der Waals surface area contributed by atoms with Crippen molar-refractivity contribution in [2.45, 2.75) is 29.3 Å². The Labute approximate surface area is 221 Å². The van der Waals surface area contributed by atoms with Crippen molar-refractivity contribution in [1.82, 2.24) is 20.2 Å². The lowest BCUT2D eigenvalue weighted by Gasteiger charge is -2.49. The maximum Gasteiger partial charge on any atom is 0.353 e. The second-order valence-electron chi connectivity index (χ2n) is 7.92. The Morgan fingerprint density at radius 3 is 2.86 bits per heavy atom. The van der Waals surface area contributed by atoms with E-state index in [4.69, 9.17) is 10.6 Å². The van der Waals surface area contributed by atoms with Gasteiger partial charge in [-0.05, 0) is 25.0 Å². The Morgan fingerprint density at radius 1 is 1.35 bits per heavy atom. The van der Waals surface area contributed by atoms with Crippen LogP contribution < -0.4 is 11.1 Å². The maximum atomic E-state index is 13.0. The third-order valence-corrected chi connectivity index (χ3v) is 8.58. The van der Waals surface area contributed by atoms with Crippen LogP contribution in [0.5, 0.6) is 0 Å². The summed E-state index contributed by atoms with van der Waals surface area (Å²) in [6.45, 7) is -1.17. The number of para-hydroxylation sites is 1. The van der Waals surface area contributed by atoms with E-state index in [2.05, 4.69) is 20.4 Å². The molecule has 3 aromatic rings. The van der Waals surface area contributed by atoms with Crippen LogP contribution in [0.25, 0.3) is 10.2 Å². The maximum absolute atomic E-state index is 13.0. The summed E-state index contributed by atoms with van der Waals surface area (Å²) in [4.78, 5) is 53.3. The number of amides is 2. The number of β-lactam (4-membered cyclic amide) rings is 1. The van der Waals surface area contributed by atoms with Gasteiger partial charge < -0.3 is 21.0 Å². The van der Waals surface area contributed by atoms with Gasteiger partial charge in [-0.2, -0.15) is 0 Å². The van der Waals surface area contributed by atoms with Crippen LogP contribution in [0.4, 0.5) is 9.52 Å². The minimum Gasteiger partial charge on any atom is -0.477 e. The molecule has 0 bridgehead atoms. The predicted molar refractivity (Wildman–Crippen MR) is 137 cm³/mol. The number of thiazole rings is 2. The van der Waals surface area contributed by atoms with E-state index in [-0.39, 0.29) is 28.8 Å². The van der Waals surface area contributed by atoms with E-state index in [1.807, 2.05) is 24.3 Å². The van der Waals surface area contributed by atoms with Gasteiger partial charge in [-0.1, -0.05) is 29.1 Å². The van der Waals surface area contributed by atoms with Crippen molar-refractivity contribution < 1.29 is 28.7 Å². The molecule has 2 aliphatic heterocycles. The van der Waals surface area contributed by atoms with Crippen LogP contribution in [0.3, 0.4) is 0 Å². The van der Waals surface area contributed by atoms with Crippen LogP contribution in [-0.4, -0.2) is 68.8 Å². The minimum atomic E-state index is -1.23. The quantitative estimate of drug-likeness (QED) is 0.154. The van der Waals surface area contributed by atoms with Crippen molar-refractivity contribution in [3.63, 3.8) is 0 Å². The Morgan fingerprint density at radius 2 is 2.16 bits per heavy atom. The van der Waals surface area contributed by atoms with Crippen molar-refractivity contribution in [3.8, 4) is 0 Å². The smallest absolute Gasteiger partial charge is 0.353 e. The number of carbonyl (C=O) groups excluding carboxylic acids is 2. The van der Waals surface area contributed by atoms with Gasteiger partial charge in [-0.3, -0.25) is 14.5 Å². The molecule has 1 fully saturated rings. The van der Waals surface area contributed by atoms with Gasteiger partial charge in [0.05, 0.1) is 16.3 Å². The normalized spacial score (nSPS) is 19.5. The van der Waals surface area contributed by atoms with E-state index in [0.29, 0.717) is 22.1 Å². The fourth-order valence-electron chi connectivity index (χ4n) is 4.08.